The lowest BCUT2D eigenvalue weighted by Gasteiger charge is -2.22. The Morgan fingerprint density at radius 2 is 1.62 bits per heavy atom. The van der Waals surface area contributed by atoms with Crippen LogP contribution in [-0.2, 0) is 10.9 Å². The largest absolute Gasteiger partial charge is 0.417 e. The average Bonchev–Trinajstić information content (AvgIpc) is 2.88. The first kappa shape index (κ1) is 31.6. The van der Waals surface area contributed by atoms with Crippen molar-refractivity contribution in [3.8, 4) is 0 Å². The van der Waals surface area contributed by atoms with Crippen molar-refractivity contribution in [2.45, 2.75) is 18.3 Å². The summed E-state index contributed by atoms with van der Waals surface area (Å²) >= 11 is 17.4. The number of Topliss-reactive ketones (excluding diaryl/α,β-unsaturated/α-hetero) is 1. The van der Waals surface area contributed by atoms with Crippen LogP contribution in [0.15, 0.2) is 54.9 Å². The Kier molecular flexibility index (Phi) is 10.0. The third-order valence-electron chi connectivity index (χ3n) is 5.39. The molecule has 1 heterocycles. The predicted molar refractivity (Wildman–Crippen MR) is 136 cm³/mol. The van der Waals surface area contributed by atoms with Crippen LogP contribution in [0.1, 0.15) is 33.0 Å². The zero-order valence-corrected chi connectivity index (χ0v) is 22.4. The molecule has 1 atom stereocenters. The fourth-order valence-corrected chi connectivity index (χ4v) is 4.20. The molecule has 214 valence electrons. The molecule has 0 radical (unpaired) electrons. The van der Waals surface area contributed by atoms with Crippen molar-refractivity contribution in [1.29, 1.82) is 0 Å². The molecule has 0 N–H and O–H groups in total. The van der Waals surface area contributed by atoms with Crippen molar-refractivity contribution in [3.63, 3.8) is 0 Å². The molecule has 3 rings (SSSR count). The van der Waals surface area contributed by atoms with E-state index in [0.717, 1.165) is 23.1 Å². The van der Waals surface area contributed by atoms with Gasteiger partial charge in [-0.05, 0) is 35.9 Å². The van der Waals surface area contributed by atoms with Crippen molar-refractivity contribution in [3.05, 3.63) is 92.2 Å². The van der Waals surface area contributed by atoms with E-state index in [1.165, 1.54) is 25.6 Å². The van der Waals surface area contributed by atoms with Crippen LogP contribution in [0.5, 0.6) is 0 Å². The van der Waals surface area contributed by atoms with Gasteiger partial charge in [0.2, 0.25) is 5.95 Å². The zero-order valence-electron chi connectivity index (χ0n) is 20.1. The van der Waals surface area contributed by atoms with Gasteiger partial charge in [-0.25, -0.2) is 14.4 Å². The normalized spacial score (nSPS) is 13.3. The van der Waals surface area contributed by atoms with E-state index >= 15 is 4.39 Å². The molecule has 0 saturated carbocycles. The van der Waals surface area contributed by atoms with E-state index in [9.17, 15) is 31.1 Å². The van der Waals surface area contributed by atoms with E-state index in [-0.39, 0.29) is 39.9 Å². The number of halogens is 10. The number of ketones is 1. The van der Waals surface area contributed by atoms with Gasteiger partial charge in [0.1, 0.15) is 18.5 Å². The minimum absolute atomic E-state index is 0.00236. The number of hydrogen-bond donors (Lipinski definition) is 0. The first-order valence-corrected chi connectivity index (χ1v) is 12.1. The summed E-state index contributed by atoms with van der Waals surface area (Å²) in [5, 5.41) is -0.897. The molecule has 0 saturated heterocycles. The molecule has 0 spiro atoms. The van der Waals surface area contributed by atoms with E-state index in [4.69, 9.17) is 39.5 Å². The highest BCUT2D eigenvalue weighted by atomic mass is 35.5. The highest BCUT2D eigenvalue weighted by Gasteiger charge is 2.41. The Morgan fingerprint density at radius 1 is 1.02 bits per heavy atom. The number of nitrogens with zero attached hydrogens (tertiary/aromatic N) is 3. The number of hydrogen-bond acceptors (Lipinski definition) is 5. The van der Waals surface area contributed by atoms with Gasteiger partial charge < -0.3 is 9.64 Å². The molecule has 1 unspecified atom stereocenters. The first-order chi connectivity index (χ1) is 18.6. The summed E-state index contributed by atoms with van der Waals surface area (Å²) in [5.41, 5.74) is -3.83. The quantitative estimate of drug-likeness (QED) is 0.103. The maximum Gasteiger partial charge on any atom is 0.417 e. The molecule has 0 bridgehead atoms. The van der Waals surface area contributed by atoms with Gasteiger partial charge in [0.05, 0.1) is 27.2 Å². The van der Waals surface area contributed by atoms with E-state index in [2.05, 4.69) is 9.97 Å². The topological polar surface area (TPSA) is 55.3 Å². The monoisotopic (exact) mass is 629 g/mol. The number of methoxy groups -OCH3 is 1. The Balaban J connectivity index is 2.02. The standard InChI is InChI=1S/C25H17Cl3F7N3O2/c1-40-12-38(23-36-5-2-6-37-23)11-21(39)15-4-3-13(7-17(15)25(33,34)35)20(29)10-16(24(30,31)32)14-8-18(26)22(28)19(27)9-14/h2-10,16H,11-12H2,1H3/b20-10-. The molecule has 2 aromatic carbocycles. The summed E-state index contributed by atoms with van der Waals surface area (Å²) in [6.07, 6.45) is -7.45. The third-order valence-corrected chi connectivity index (χ3v) is 6.58. The number of carbonyl (C=O) groups is 1. The fourth-order valence-electron chi connectivity index (χ4n) is 3.59. The molecule has 0 aliphatic heterocycles. The van der Waals surface area contributed by atoms with Crippen molar-refractivity contribution in [2.24, 2.45) is 0 Å². The first-order valence-electron chi connectivity index (χ1n) is 11.0. The molecule has 0 amide bonds. The number of anilines is 1. The lowest BCUT2D eigenvalue weighted by atomic mass is 9.95. The maximum atomic E-state index is 15.1. The number of aromatic nitrogens is 2. The number of alkyl halides is 6. The van der Waals surface area contributed by atoms with Gasteiger partial charge in [0, 0.05) is 30.6 Å². The van der Waals surface area contributed by atoms with Crippen molar-refractivity contribution in [2.75, 3.05) is 25.3 Å². The lowest BCUT2D eigenvalue weighted by Crippen LogP contribution is -2.33. The Hall–Kier alpha value is -2.93. The van der Waals surface area contributed by atoms with Gasteiger partial charge in [0.15, 0.2) is 5.78 Å². The van der Waals surface area contributed by atoms with Gasteiger partial charge >= 0.3 is 12.4 Å². The molecule has 3 aromatic rings. The SMILES string of the molecule is COCN(CC(=O)c1ccc(/C(F)=C/C(c2cc(Cl)c(Cl)c(Cl)c2)C(F)(F)F)cc1C(F)(F)F)c1ncccn1. The molecule has 0 aliphatic carbocycles. The summed E-state index contributed by atoms with van der Waals surface area (Å²) in [7, 11) is 1.28. The van der Waals surface area contributed by atoms with Gasteiger partial charge in [-0.1, -0.05) is 46.9 Å². The summed E-state index contributed by atoms with van der Waals surface area (Å²) < 4.78 is 103. The second-order valence-electron chi connectivity index (χ2n) is 8.18. The van der Waals surface area contributed by atoms with E-state index in [1.54, 1.807) is 0 Å². The number of ether oxygens (including phenoxy) is 1. The Bertz CT molecular complexity index is 1380. The highest BCUT2D eigenvalue weighted by Crippen LogP contribution is 2.43. The molecule has 40 heavy (non-hydrogen) atoms. The summed E-state index contributed by atoms with van der Waals surface area (Å²) in [4.78, 5) is 21.9. The zero-order chi connectivity index (χ0) is 29.8. The summed E-state index contributed by atoms with van der Waals surface area (Å²) in [6.45, 7) is -0.892. The second-order valence-corrected chi connectivity index (χ2v) is 9.37. The third kappa shape index (κ3) is 7.62. The second kappa shape index (κ2) is 12.7. The van der Waals surface area contributed by atoms with Crippen LogP contribution in [0, 0.1) is 0 Å². The van der Waals surface area contributed by atoms with Gasteiger partial charge in [0.25, 0.3) is 0 Å². The van der Waals surface area contributed by atoms with Gasteiger partial charge in [-0.3, -0.25) is 4.79 Å². The predicted octanol–water partition coefficient (Wildman–Crippen LogP) is 8.41. The van der Waals surface area contributed by atoms with E-state index < -0.39 is 58.7 Å². The van der Waals surface area contributed by atoms with E-state index in [1.807, 2.05) is 0 Å². The molecule has 15 heteroatoms. The van der Waals surface area contributed by atoms with Crippen LogP contribution < -0.4 is 4.90 Å². The van der Waals surface area contributed by atoms with Gasteiger partial charge in [-0.2, -0.15) is 26.3 Å². The average molecular weight is 631 g/mol. The summed E-state index contributed by atoms with van der Waals surface area (Å²) in [6, 6.07) is 4.84. The molecule has 0 fully saturated rings. The highest BCUT2D eigenvalue weighted by molar-refractivity contribution is 6.48. The maximum absolute atomic E-state index is 15.1. The molecular formula is C25H17Cl3F7N3O2. The molecular weight excluding hydrogens is 614 g/mol. The van der Waals surface area contributed by atoms with Crippen LogP contribution in [0.2, 0.25) is 15.1 Å². The van der Waals surface area contributed by atoms with Crippen LogP contribution in [0.3, 0.4) is 0 Å². The smallest absolute Gasteiger partial charge is 0.364 e. The van der Waals surface area contributed by atoms with Crippen LogP contribution in [-0.4, -0.2) is 42.3 Å². The molecule has 1 aromatic heterocycles. The van der Waals surface area contributed by atoms with Crippen LogP contribution in [0.25, 0.3) is 5.83 Å². The Labute approximate surface area is 238 Å². The van der Waals surface area contributed by atoms with Crippen molar-refractivity contribution >= 4 is 52.4 Å². The number of allylic oxidation sites excluding steroid dienone is 1. The number of benzene rings is 2. The van der Waals surface area contributed by atoms with Gasteiger partial charge in [-0.15, -0.1) is 0 Å². The summed E-state index contributed by atoms with van der Waals surface area (Å²) in [5.74, 6) is -5.32. The van der Waals surface area contributed by atoms with Crippen LogP contribution >= 0.6 is 34.8 Å². The number of carbonyl (C=O) groups excluding carboxylic acids is 1. The lowest BCUT2D eigenvalue weighted by molar-refractivity contribution is -0.140. The number of rotatable bonds is 9. The molecule has 5 nitrogen and oxygen atoms in total. The van der Waals surface area contributed by atoms with Crippen molar-refractivity contribution in [1.82, 2.24) is 9.97 Å². The molecule has 0 aliphatic rings. The Morgan fingerprint density at radius 3 is 2.15 bits per heavy atom. The minimum Gasteiger partial charge on any atom is -0.364 e. The van der Waals surface area contributed by atoms with Crippen LogP contribution in [0.4, 0.5) is 36.7 Å². The fraction of sp³-hybridized carbons (Fsp3) is 0.240. The van der Waals surface area contributed by atoms with E-state index in [0.29, 0.717) is 6.07 Å². The van der Waals surface area contributed by atoms with Crippen molar-refractivity contribution < 1.29 is 40.3 Å². The minimum atomic E-state index is -5.16.